The average molecular weight is 387 g/mol. The fourth-order valence-electron chi connectivity index (χ4n) is 2.23. The molecule has 0 unspecified atom stereocenters. The summed E-state index contributed by atoms with van der Waals surface area (Å²) in [5, 5.41) is 1.67. The second-order valence-electron chi connectivity index (χ2n) is 4.80. The Hall–Kier alpha value is -1.32. The van der Waals surface area contributed by atoms with E-state index in [2.05, 4.69) is 4.98 Å². The third kappa shape index (κ3) is 3.31. The highest BCUT2D eigenvalue weighted by molar-refractivity contribution is 6.36. The van der Waals surface area contributed by atoms with Gasteiger partial charge >= 0.3 is 0 Å². The Balaban J connectivity index is 2.23. The fraction of sp³-hybridized carbons (Fsp3) is 0. The van der Waals surface area contributed by atoms with Crippen LogP contribution in [-0.4, -0.2) is 4.98 Å². The van der Waals surface area contributed by atoms with E-state index in [0.717, 1.165) is 0 Å². The quantitative estimate of drug-likeness (QED) is 0.454. The number of rotatable bonds is 2. The minimum Gasteiger partial charge on any atom is -0.263 e. The molecule has 0 saturated heterocycles. The van der Waals surface area contributed by atoms with Gasteiger partial charge in [-0.1, -0.05) is 46.4 Å². The Labute approximate surface area is 152 Å². The van der Waals surface area contributed by atoms with Gasteiger partial charge in [-0.2, -0.15) is 0 Å². The monoisotopic (exact) mass is 385 g/mol. The largest absolute Gasteiger partial charge is 0.263 e. The lowest BCUT2D eigenvalue weighted by atomic mass is 10.0. The molecular weight excluding hydrogens is 379 g/mol. The average Bonchev–Trinajstić information content (AvgIpc) is 2.53. The Kier molecular flexibility index (Phi) is 4.79. The van der Waals surface area contributed by atoms with Gasteiger partial charge in [-0.25, -0.2) is 4.39 Å². The van der Waals surface area contributed by atoms with Crippen molar-refractivity contribution in [1.29, 1.82) is 0 Å². The van der Waals surface area contributed by atoms with E-state index in [1.165, 1.54) is 12.4 Å². The van der Waals surface area contributed by atoms with Gasteiger partial charge in [0.1, 0.15) is 5.82 Å². The van der Waals surface area contributed by atoms with E-state index >= 15 is 4.39 Å². The number of aromatic nitrogens is 1. The number of pyridine rings is 1. The maximum absolute atomic E-state index is 15.0. The van der Waals surface area contributed by atoms with Gasteiger partial charge in [0.15, 0.2) is 0 Å². The van der Waals surface area contributed by atoms with Crippen LogP contribution in [0.1, 0.15) is 0 Å². The van der Waals surface area contributed by atoms with Crippen molar-refractivity contribution in [2.45, 2.75) is 0 Å². The zero-order valence-electron chi connectivity index (χ0n) is 11.5. The SMILES string of the molecule is Fc1c(-c2cc(Cl)ccc2Cl)cncc1-c1cc(Cl)ccc1Cl. The predicted octanol–water partition coefficient (Wildman–Crippen LogP) is 7.17. The molecule has 0 aliphatic carbocycles. The number of hydrogen-bond donors (Lipinski definition) is 0. The van der Waals surface area contributed by atoms with E-state index in [1.54, 1.807) is 36.4 Å². The van der Waals surface area contributed by atoms with E-state index in [-0.39, 0.29) is 11.1 Å². The lowest BCUT2D eigenvalue weighted by Crippen LogP contribution is -1.93. The van der Waals surface area contributed by atoms with E-state index in [1.807, 2.05) is 0 Å². The van der Waals surface area contributed by atoms with Crippen LogP contribution in [0.5, 0.6) is 0 Å². The third-order valence-electron chi connectivity index (χ3n) is 3.32. The molecule has 0 fully saturated rings. The fourth-order valence-corrected chi connectivity index (χ4v) is 3.01. The molecule has 6 heteroatoms. The first-order valence-electron chi connectivity index (χ1n) is 6.51. The smallest absolute Gasteiger partial charge is 0.142 e. The van der Waals surface area contributed by atoms with Gasteiger partial charge in [0.25, 0.3) is 0 Å². The maximum Gasteiger partial charge on any atom is 0.142 e. The lowest BCUT2D eigenvalue weighted by molar-refractivity contribution is 0.633. The summed E-state index contributed by atoms with van der Waals surface area (Å²) in [4.78, 5) is 4.10. The molecule has 0 radical (unpaired) electrons. The summed E-state index contributed by atoms with van der Waals surface area (Å²) in [6.07, 6.45) is 2.80. The standard InChI is InChI=1S/C17H8Cl4FN/c18-9-1-3-15(20)11(5-9)13-7-23-8-14(17(13)22)12-6-10(19)2-4-16(12)21/h1-8H. The van der Waals surface area contributed by atoms with Crippen LogP contribution in [0.3, 0.4) is 0 Å². The van der Waals surface area contributed by atoms with Crippen LogP contribution < -0.4 is 0 Å². The van der Waals surface area contributed by atoms with Gasteiger partial charge in [-0.3, -0.25) is 4.98 Å². The molecule has 0 aliphatic heterocycles. The van der Waals surface area contributed by atoms with Crippen LogP contribution in [-0.2, 0) is 0 Å². The molecule has 0 N–H and O–H groups in total. The molecular formula is C17H8Cl4FN. The van der Waals surface area contributed by atoms with Crippen LogP contribution in [0, 0.1) is 5.82 Å². The maximum atomic E-state index is 15.0. The van der Waals surface area contributed by atoms with E-state index in [9.17, 15) is 0 Å². The van der Waals surface area contributed by atoms with Crippen LogP contribution in [0.25, 0.3) is 22.3 Å². The minimum atomic E-state index is -0.492. The summed E-state index contributed by atoms with van der Waals surface area (Å²) in [5.74, 6) is -0.492. The van der Waals surface area contributed by atoms with Gasteiger partial charge in [-0.15, -0.1) is 0 Å². The van der Waals surface area contributed by atoms with Crippen LogP contribution in [0.4, 0.5) is 4.39 Å². The topological polar surface area (TPSA) is 12.9 Å². The Bertz CT molecular complexity index is 826. The van der Waals surface area contributed by atoms with Crippen LogP contribution in [0.2, 0.25) is 20.1 Å². The summed E-state index contributed by atoms with van der Waals surface area (Å²) in [7, 11) is 0. The second kappa shape index (κ2) is 6.66. The molecule has 0 amide bonds. The summed E-state index contributed by atoms with van der Waals surface area (Å²) in [5.41, 5.74) is 1.41. The zero-order chi connectivity index (χ0) is 16.6. The Morgan fingerprint density at radius 3 is 1.52 bits per heavy atom. The number of hydrogen-bond acceptors (Lipinski definition) is 1. The highest BCUT2D eigenvalue weighted by Crippen LogP contribution is 2.37. The predicted molar refractivity (Wildman–Crippen MR) is 95.1 cm³/mol. The van der Waals surface area contributed by atoms with Crippen molar-refractivity contribution in [2.24, 2.45) is 0 Å². The van der Waals surface area contributed by atoms with Crippen molar-refractivity contribution in [3.63, 3.8) is 0 Å². The molecule has 0 atom stereocenters. The molecule has 1 heterocycles. The van der Waals surface area contributed by atoms with Crippen molar-refractivity contribution in [1.82, 2.24) is 4.98 Å². The first-order valence-corrected chi connectivity index (χ1v) is 8.03. The van der Waals surface area contributed by atoms with Gasteiger partial charge in [0.2, 0.25) is 0 Å². The Morgan fingerprint density at radius 2 is 1.09 bits per heavy atom. The molecule has 3 rings (SSSR count). The lowest BCUT2D eigenvalue weighted by Gasteiger charge is -2.11. The molecule has 0 spiro atoms. The molecule has 1 nitrogen and oxygen atoms in total. The zero-order valence-corrected chi connectivity index (χ0v) is 14.5. The van der Waals surface area contributed by atoms with Crippen molar-refractivity contribution in [2.75, 3.05) is 0 Å². The van der Waals surface area contributed by atoms with E-state index in [0.29, 0.717) is 31.2 Å². The number of nitrogens with zero attached hydrogens (tertiary/aromatic N) is 1. The summed E-state index contributed by atoms with van der Waals surface area (Å²) in [6, 6.07) is 9.67. The number of benzene rings is 2. The Morgan fingerprint density at radius 1 is 0.652 bits per heavy atom. The minimum absolute atomic E-state index is 0.242. The van der Waals surface area contributed by atoms with Crippen molar-refractivity contribution in [3.8, 4) is 22.3 Å². The summed E-state index contributed by atoms with van der Waals surface area (Å²) in [6.45, 7) is 0. The second-order valence-corrected chi connectivity index (χ2v) is 6.48. The van der Waals surface area contributed by atoms with Crippen molar-refractivity contribution >= 4 is 46.4 Å². The normalized spacial score (nSPS) is 10.8. The molecule has 1 aromatic heterocycles. The van der Waals surface area contributed by atoms with Gasteiger partial charge in [0, 0.05) is 54.7 Å². The van der Waals surface area contributed by atoms with Gasteiger partial charge < -0.3 is 0 Å². The van der Waals surface area contributed by atoms with Crippen molar-refractivity contribution in [3.05, 3.63) is 74.7 Å². The first kappa shape index (κ1) is 16.5. The van der Waals surface area contributed by atoms with Crippen molar-refractivity contribution < 1.29 is 4.39 Å². The first-order chi connectivity index (χ1) is 11.0. The molecule has 0 saturated carbocycles. The highest BCUT2D eigenvalue weighted by atomic mass is 35.5. The molecule has 23 heavy (non-hydrogen) atoms. The molecule has 116 valence electrons. The van der Waals surface area contributed by atoms with Gasteiger partial charge in [0.05, 0.1) is 0 Å². The van der Waals surface area contributed by atoms with Gasteiger partial charge in [-0.05, 0) is 36.4 Å². The van der Waals surface area contributed by atoms with E-state index < -0.39 is 5.82 Å². The highest BCUT2D eigenvalue weighted by Gasteiger charge is 2.17. The molecule has 0 bridgehead atoms. The van der Waals surface area contributed by atoms with Crippen LogP contribution >= 0.6 is 46.4 Å². The van der Waals surface area contributed by atoms with Crippen LogP contribution in [0.15, 0.2) is 48.8 Å². The van der Waals surface area contributed by atoms with E-state index in [4.69, 9.17) is 46.4 Å². The summed E-state index contributed by atoms with van der Waals surface area (Å²) >= 11 is 24.3. The third-order valence-corrected chi connectivity index (χ3v) is 4.45. The summed E-state index contributed by atoms with van der Waals surface area (Å²) < 4.78 is 15.0. The molecule has 2 aromatic carbocycles. The molecule has 0 aliphatic rings. The number of halogens is 5. The molecule has 3 aromatic rings.